The molecule has 1 rings (SSSR count). The van der Waals surface area contributed by atoms with E-state index in [0.717, 1.165) is 5.76 Å². The number of carboxylic acid groups (broad SMARTS) is 1. The second-order valence-corrected chi connectivity index (χ2v) is 4.09. The summed E-state index contributed by atoms with van der Waals surface area (Å²) in [6, 6.07) is 2.83. The molecule has 108 valence electrons. The molecule has 1 aromatic heterocycles. The molecule has 0 radical (unpaired) electrons. The van der Waals surface area contributed by atoms with Crippen molar-refractivity contribution in [2.45, 2.75) is 20.3 Å². The van der Waals surface area contributed by atoms with E-state index in [1.807, 2.05) is 0 Å². The van der Waals surface area contributed by atoms with Gasteiger partial charge in [0.1, 0.15) is 5.76 Å². The number of carboxylic acids is 1. The highest BCUT2D eigenvalue weighted by Crippen LogP contribution is 2.03. The molecule has 0 bridgehead atoms. The Hall–Kier alpha value is -2.57. The molecular formula is C13H16N2O5. The first-order valence-corrected chi connectivity index (χ1v) is 5.94. The second-order valence-electron chi connectivity index (χ2n) is 4.09. The summed E-state index contributed by atoms with van der Waals surface area (Å²) in [6.45, 7) is 2.94. The number of rotatable bonds is 5. The highest BCUT2D eigenvalue weighted by atomic mass is 16.4. The first-order chi connectivity index (χ1) is 9.41. The van der Waals surface area contributed by atoms with Crippen molar-refractivity contribution in [3.05, 3.63) is 35.3 Å². The van der Waals surface area contributed by atoms with Gasteiger partial charge in [0.05, 0.1) is 6.26 Å². The standard InChI is InChI=1S/C13H16N2O5/c1-8(9(2)12(17)18)11(16)15-13(19)14-6-5-10-4-3-7-20-10/h3-4,7H,5-6H2,1-2H3,(H,17,18)(H2,14,15,16,19). The van der Waals surface area contributed by atoms with Gasteiger partial charge in [-0.15, -0.1) is 0 Å². The Morgan fingerprint density at radius 1 is 1.25 bits per heavy atom. The van der Waals surface area contributed by atoms with Crippen LogP contribution in [0.5, 0.6) is 0 Å². The lowest BCUT2D eigenvalue weighted by Crippen LogP contribution is -2.40. The minimum atomic E-state index is -1.20. The Kier molecular flexibility index (Phi) is 5.52. The van der Waals surface area contributed by atoms with Crippen LogP contribution in [-0.2, 0) is 16.0 Å². The van der Waals surface area contributed by atoms with Gasteiger partial charge >= 0.3 is 12.0 Å². The van der Waals surface area contributed by atoms with Gasteiger partial charge in [-0.3, -0.25) is 10.1 Å². The van der Waals surface area contributed by atoms with Gasteiger partial charge in [0, 0.05) is 24.1 Å². The molecular weight excluding hydrogens is 264 g/mol. The molecule has 3 amide bonds. The summed E-state index contributed by atoms with van der Waals surface area (Å²) in [7, 11) is 0. The third-order valence-corrected chi connectivity index (χ3v) is 2.69. The van der Waals surface area contributed by atoms with Gasteiger partial charge in [0.25, 0.3) is 5.91 Å². The molecule has 7 heteroatoms. The summed E-state index contributed by atoms with van der Waals surface area (Å²) >= 11 is 0. The van der Waals surface area contributed by atoms with E-state index in [1.54, 1.807) is 12.1 Å². The molecule has 0 aliphatic carbocycles. The lowest BCUT2D eigenvalue weighted by atomic mass is 10.1. The van der Waals surface area contributed by atoms with Gasteiger partial charge < -0.3 is 14.8 Å². The fourth-order valence-electron chi connectivity index (χ4n) is 1.33. The Morgan fingerprint density at radius 2 is 1.95 bits per heavy atom. The van der Waals surface area contributed by atoms with Crippen LogP contribution in [0.25, 0.3) is 0 Å². The van der Waals surface area contributed by atoms with Crippen LogP contribution in [0.1, 0.15) is 19.6 Å². The van der Waals surface area contributed by atoms with Crippen molar-refractivity contribution in [1.29, 1.82) is 0 Å². The van der Waals surface area contributed by atoms with Crippen molar-refractivity contribution in [1.82, 2.24) is 10.6 Å². The number of hydrogen-bond acceptors (Lipinski definition) is 4. The predicted molar refractivity (Wildman–Crippen MR) is 70.0 cm³/mol. The van der Waals surface area contributed by atoms with E-state index < -0.39 is 17.9 Å². The van der Waals surface area contributed by atoms with Gasteiger partial charge in [0.2, 0.25) is 0 Å². The molecule has 0 saturated carbocycles. The number of carbonyl (C=O) groups is 3. The van der Waals surface area contributed by atoms with E-state index >= 15 is 0 Å². The topological polar surface area (TPSA) is 109 Å². The van der Waals surface area contributed by atoms with Crippen molar-refractivity contribution in [3.8, 4) is 0 Å². The van der Waals surface area contributed by atoms with Crippen LogP contribution in [0.15, 0.2) is 34.0 Å². The molecule has 20 heavy (non-hydrogen) atoms. The van der Waals surface area contributed by atoms with E-state index in [-0.39, 0.29) is 11.1 Å². The van der Waals surface area contributed by atoms with Gasteiger partial charge in [-0.1, -0.05) is 0 Å². The van der Waals surface area contributed by atoms with E-state index in [9.17, 15) is 14.4 Å². The fourth-order valence-corrected chi connectivity index (χ4v) is 1.33. The van der Waals surface area contributed by atoms with Crippen LogP contribution in [-0.4, -0.2) is 29.6 Å². The maximum Gasteiger partial charge on any atom is 0.331 e. The van der Waals surface area contributed by atoms with Gasteiger partial charge in [-0.2, -0.15) is 0 Å². The molecule has 1 heterocycles. The first-order valence-electron chi connectivity index (χ1n) is 5.94. The van der Waals surface area contributed by atoms with Crippen LogP contribution < -0.4 is 10.6 Å². The van der Waals surface area contributed by atoms with E-state index in [0.29, 0.717) is 13.0 Å². The van der Waals surface area contributed by atoms with E-state index in [1.165, 1.54) is 20.1 Å². The molecule has 0 aromatic carbocycles. The molecule has 0 fully saturated rings. The average molecular weight is 280 g/mol. The maximum atomic E-state index is 11.6. The Morgan fingerprint density at radius 3 is 2.50 bits per heavy atom. The second kappa shape index (κ2) is 7.13. The minimum absolute atomic E-state index is 0.0151. The van der Waals surface area contributed by atoms with Gasteiger partial charge in [-0.05, 0) is 26.0 Å². The Labute approximate surface area is 115 Å². The number of amides is 3. The third-order valence-electron chi connectivity index (χ3n) is 2.69. The molecule has 0 unspecified atom stereocenters. The lowest BCUT2D eigenvalue weighted by Gasteiger charge is -2.07. The van der Waals surface area contributed by atoms with Crippen molar-refractivity contribution in [3.63, 3.8) is 0 Å². The zero-order chi connectivity index (χ0) is 15.1. The number of furan rings is 1. The number of hydrogen-bond donors (Lipinski definition) is 3. The SMILES string of the molecule is CC(C(=O)O)=C(C)C(=O)NC(=O)NCCc1ccco1. The van der Waals surface area contributed by atoms with Gasteiger partial charge in [-0.25, -0.2) is 9.59 Å². The Balaban J connectivity index is 2.40. The van der Waals surface area contributed by atoms with E-state index in [2.05, 4.69) is 10.6 Å². The molecule has 1 aromatic rings. The molecule has 0 atom stereocenters. The number of imide groups is 1. The summed E-state index contributed by atoms with van der Waals surface area (Å²) in [5, 5.41) is 13.3. The van der Waals surface area contributed by atoms with Crippen LogP contribution in [0.3, 0.4) is 0 Å². The summed E-state index contributed by atoms with van der Waals surface area (Å²) in [5.41, 5.74) is -0.121. The average Bonchev–Trinajstić information content (AvgIpc) is 2.89. The lowest BCUT2D eigenvalue weighted by molar-refractivity contribution is -0.133. The van der Waals surface area contributed by atoms with Crippen LogP contribution in [0.4, 0.5) is 4.79 Å². The maximum absolute atomic E-state index is 11.6. The zero-order valence-electron chi connectivity index (χ0n) is 11.2. The Bertz CT molecular complexity index is 531. The fraction of sp³-hybridized carbons (Fsp3) is 0.308. The summed E-state index contributed by atoms with van der Waals surface area (Å²) in [4.78, 5) is 33.7. The highest BCUT2D eigenvalue weighted by molar-refractivity contribution is 6.07. The summed E-state index contributed by atoms with van der Waals surface area (Å²) in [5.74, 6) is -1.22. The smallest absolute Gasteiger partial charge is 0.331 e. The highest BCUT2D eigenvalue weighted by Gasteiger charge is 2.14. The number of nitrogens with one attached hydrogen (secondary N) is 2. The molecule has 0 aliphatic heterocycles. The van der Waals surface area contributed by atoms with Crippen molar-refractivity contribution < 1.29 is 23.9 Å². The molecule has 0 aliphatic rings. The third kappa shape index (κ3) is 4.60. The van der Waals surface area contributed by atoms with Crippen molar-refractivity contribution in [2.24, 2.45) is 0 Å². The largest absolute Gasteiger partial charge is 0.478 e. The summed E-state index contributed by atoms with van der Waals surface area (Å²) in [6.07, 6.45) is 2.03. The van der Waals surface area contributed by atoms with Crippen molar-refractivity contribution in [2.75, 3.05) is 6.54 Å². The quantitative estimate of drug-likeness (QED) is 0.699. The monoisotopic (exact) mass is 280 g/mol. The number of carbonyl (C=O) groups excluding carboxylic acids is 2. The summed E-state index contributed by atoms with van der Waals surface area (Å²) < 4.78 is 5.08. The molecule has 0 saturated heterocycles. The number of urea groups is 1. The number of aliphatic carboxylic acids is 1. The van der Waals surface area contributed by atoms with Crippen LogP contribution in [0, 0.1) is 0 Å². The van der Waals surface area contributed by atoms with Crippen LogP contribution in [0.2, 0.25) is 0 Å². The molecule has 7 nitrogen and oxygen atoms in total. The minimum Gasteiger partial charge on any atom is -0.478 e. The molecule has 0 spiro atoms. The predicted octanol–water partition coefficient (Wildman–Crippen LogP) is 1.07. The van der Waals surface area contributed by atoms with E-state index in [4.69, 9.17) is 9.52 Å². The van der Waals surface area contributed by atoms with Crippen LogP contribution >= 0.6 is 0 Å². The van der Waals surface area contributed by atoms with Crippen molar-refractivity contribution >= 4 is 17.9 Å². The normalized spacial score (nSPS) is 11.5. The zero-order valence-corrected chi connectivity index (χ0v) is 11.2. The van der Waals surface area contributed by atoms with Gasteiger partial charge in [0.15, 0.2) is 0 Å². The first kappa shape index (κ1) is 15.5. The molecule has 3 N–H and O–H groups in total.